The van der Waals surface area contributed by atoms with Crippen LogP contribution >= 0.6 is 0 Å². The second-order valence-corrected chi connectivity index (χ2v) is 2.80. The Balaban J connectivity index is 5.06. The molecule has 0 radical (unpaired) electrons. The molecular weight excluding hydrogens is 242 g/mol. The number of nitrogens with zero attached hydrogens (tertiary/aromatic N) is 4. The van der Waals surface area contributed by atoms with Crippen LogP contribution in [0.15, 0.2) is 16.5 Å². The van der Waals surface area contributed by atoms with Crippen molar-refractivity contribution in [2.24, 2.45) is 5.11 Å². The zero-order valence-electron chi connectivity index (χ0n) is 10.2. The number of methoxy groups -OCH3 is 3. The van der Waals surface area contributed by atoms with Crippen molar-refractivity contribution in [1.82, 2.24) is 5.32 Å². The summed E-state index contributed by atoms with van der Waals surface area (Å²) in [5.41, 5.74) is 7.95. The first-order chi connectivity index (χ1) is 8.64. The lowest BCUT2D eigenvalue weighted by atomic mass is 10.3. The summed E-state index contributed by atoms with van der Waals surface area (Å²) in [6.45, 7) is 0.0868. The van der Waals surface area contributed by atoms with Gasteiger partial charge in [-0.05, 0) is 10.6 Å². The summed E-state index contributed by atoms with van der Waals surface area (Å²) in [6, 6.07) is 1.59. The molecule has 98 valence electrons. The number of nitriles is 1. The predicted octanol–water partition coefficient (Wildman–Crippen LogP) is 0.413. The molecular formula is C9H13N5O4. The van der Waals surface area contributed by atoms with Gasteiger partial charge in [-0.3, -0.25) is 0 Å². The molecule has 0 aromatic carbocycles. The van der Waals surface area contributed by atoms with Crippen LogP contribution in [-0.4, -0.2) is 40.1 Å². The third kappa shape index (κ3) is 4.71. The Labute approximate surface area is 104 Å². The van der Waals surface area contributed by atoms with Gasteiger partial charge < -0.3 is 19.5 Å². The molecule has 0 bridgehead atoms. The highest BCUT2D eigenvalue weighted by molar-refractivity contribution is 5.93. The largest absolute Gasteiger partial charge is 0.465 e. The van der Waals surface area contributed by atoms with Crippen molar-refractivity contribution in [3.63, 3.8) is 0 Å². The number of azide groups is 1. The number of ether oxygens (including phenoxy) is 3. The molecule has 0 aliphatic carbocycles. The van der Waals surface area contributed by atoms with Gasteiger partial charge in [0, 0.05) is 19.1 Å². The molecule has 0 spiro atoms. The van der Waals surface area contributed by atoms with Crippen molar-refractivity contribution < 1.29 is 19.0 Å². The van der Waals surface area contributed by atoms with E-state index in [1.54, 1.807) is 6.07 Å². The third-order valence-electron chi connectivity index (χ3n) is 1.84. The van der Waals surface area contributed by atoms with Crippen LogP contribution in [-0.2, 0) is 19.0 Å². The summed E-state index contributed by atoms with van der Waals surface area (Å²) in [5.74, 6) is -1.15. The molecule has 18 heavy (non-hydrogen) atoms. The van der Waals surface area contributed by atoms with Gasteiger partial charge in [-0.25, -0.2) is 4.79 Å². The summed E-state index contributed by atoms with van der Waals surface area (Å²) < 4.78 is 14.2. The van der Waals surface area contributed by atoms with Gasteiger partial charge in [0.15, 0.2) is 11.9 Å². The second kappa shape index (κ2) is 8.83. The number of carbonyl (C=O) groups is 1. The first-order valence-corrected chi connectivity index (χ1v) is 4.71. The minimum Gasteiger partial charge on any atom is -0.465 e. The van der Waals surface area contributed by atoms with E-state index in [-0.39, 0.29) is 12.4 Å². The van der Waals surface area contributed by atoms with E-state index >= 15 is 0 Å². The molecule has 0 aliphatic heterocycles. The third-order valence-corrected chi connectivity index (χ3v) is 1.84. The Hall–Kier alpha value is -2.27. The molecule has 0 amide bonds. The zero-order valence-corrected chi connectivity index (χ0v) is 10.2. The zero-order chi connectivity index (χ0) is 14.0. The van der Waals surface area contributed by atoms with Gasteiger partial charge in [0.1, 0.15) is 11.9 Å². The Bertz CT molecular complexity index is 404. The standard InChI is InChI=1S/C9H13N5O4/c1-16-7(17-2)5-12-8(13-14-11)6(4-10)9(15)18-3/h7,12H,5H2,1-3H3/b8-6+. The number of hydrogen-bond acceptors (Lipinski definition) is 7. The quantitative estimate of drug-likeness (QED) is 0.133. The van der Waals surface area contributed by atoms with Gasteiger partial charge in [0.05, 0.1) is 13.7 Å². The predicted molar refractivity (Wildman–Crippen MR) is 59.6 cm³/mol. The number of rotatable bonds is 7. The summed E-state index contributed by atoms with van der Waals surface area (Å²) in [4.78, 5) is 13.8. The molecule has 1 N–H and O–H groups in total. The van der Waals surface area contributed by atoms with E-state index in [1.807, 2.05) is 0 Å². The average Bonchev–Trinajstić information content (AvgIpc) is 2.40. The van der Waals surface area contributed by atoms with Crippen molar-refractivity contribution in [3.05, 3.63) is 21.8 Å². The maximum atomic E-state index is 11.3. The summed E-state index contributed by atoms with van der Waals surface area (Å²) in [7, 11) is 3.94. The molecule has 0 atom stereocenters. The molecule has 0 aromatic heterocycles. The highest BCUT2D eigenvalue weighted by atomic mass is 16.7. The van der Waals surface area contributed by atoms with Crippen LogP contribution in [0.1, 0.15) is 0 Å². The van der Waals surface area contributed by atoms with E-state index in [2.05, 4.69) is 20.1 Å². The van der Waals surface area contributed by atoms with Gasteiger partial charge in [-0.15, -0.1) is 0 Å². The fourth-order valence-electron chi connectivity index (χ4n) is 0.959. The van der Waals surface area contributed by atoms with Crippen molar-refractivity contribution in [2.45, 2.75) is 6.29 Å². The van der Waals surface area contributed by atoms with Crippen molar-refractivity contribution in [1.29, 1.82) is 5.26 Å². The van der Waals surface area contributed by atoms with Crippen LogP contribution in [0.5, 0.6) is 0 Å². The number of nitrogens with one attached hydrogen (secondary N) is 1. The van der Waals surface area contributed by atoms with Crippen LogP contribution in [0.3, 0.4) is 0 Å². The first-order valence-electron chi connectivity index (χ1n) is 4.71. The minimum atomic E-state index is -0.904. The molecule has 0 fully saturated rings. The maximum Gasteiger partial charge on any atom is 0.350 e. The average molecular weight is 255 g/mol. The van der Waals surface area contributed by atoms with Gasteiger partial charge in [0.2, 0.25) is 0 Å². The van der Waals surface area contributed by atoms with Crippen molar-refractivity contribution in [2.75, 3.05) is 27.9 Å². The molecule has 0 rings (SSSR count). The fraction of sp³-hybridized carbons (Fsp3) is 0.556. The Morgan fingerprint density at radius 1 is 1.50 bits per heavy atom. The molecule has 0 saturated heterocycles. The molecule has 0 unspecified atom stereocenters. The van der Waals surface area contributed by atoms with Crippen molar-refractivity contribution >= 4 is 5.97 Å². The van der Waals surface area contributed by atoms with Crippen LogP contribution in [0.2, 0.25) is 0 Å². The van der Waals surface area contributed by atoms with Gasteiger partial charge >= 0.3 is 5.97 Å². The summed E-state index contributed by atoms with van der Waals surface area (Å²) in [5, 5.41) is 14.6. The van der Waals surface area contributed by atoms with Crippen LogP contribution in [0, 0.1) is 11.3 Å². The first kappa shape index (κ1) is 15.7. The second-order valence-electron chi connectivity index (χ2n) is 2.80. The minimum absolute atomic E-state index is 0.0868. The topological polar surface area (TPSA) is 129 Å². The SMILES string of the molecule is COC(=O)/C(C#N)=C(/N=[N+]=[N-])NCC(OC)OC. The lowest BCUT2D eigenvalue weighted by molar-refractivity contribution is -0.135. The van der Waals surface area contributed by atoms with E-state index in [0.29, 0.717) is 0 Å². The summed E-state index contributed by atoms with van der Waals surface area (Å²) in [6.07, 6.45) is -0.619. The molecule has 0 aromatic rings. The van der Waals surface area contributed by atoms with E-state index in [1.165, 1.54) is 14.2 Å². The Kier molecular flexibility index (Phi) is 7.72. The van der Waals surface area contributed by atoms with E-state index in [4.69, 9.17) is 20.3 Å². The molecule has 0 aliphatic rings. The number of hydrogen-bond donors (Lipinski definition) is 1. The highest BCUT2D eigenvalue weighted by Crippen LogP contribution is 2.05. The van der Waals surface area contributed by atoms with Gasteiger partial charge in [-0.2, -0.15) is 5.26 Å². The molecule has 9 nitrogen and oxygen atoms in total. The van der Waals surface area contributed by atoms with E-state index < -0.39 is 17.8 Å². The van der Waals surface area contributed by atoms with Gasteiger partial charge in [-0.1, -0.05) is 0 Å². The highest BCUT2D eigenvalue weighted by Gasteiger charge is 2.16. The van der Waals surface area contributed by atoms with Gasteiger partial charge in [0.25, 0.3) is 0 Å². The van der Waals surface area contributed by atoms with Crippen LogP contribution < -0.4 is 5.32 Å². The Morgan fingerprint density at radius 2 is 2.11 bits per heavy atom. The maximum absolute atomic E-state index is 11.3. The lowest BCUT2D eigenvalue weighted by Gasteiger charge is -2.15. The molecule has 9 heteroatoms. The van der Waals surface area contributed by atoms with E-state index in [0.717, 1.165) is 7.11 Å². The number of esters is 1. The van der Waals surface area contributed by atoms with Crippen LogP contribution in [0.4, 0.5) is 0 Å². The molecule has 0 heterocycles. The fourth-order valence-corrected chi connectivity index (χ4v) is 0.959. The normalized spacial score (nSPS) is 11.1. The van der Waals surface area contributed by atoms with Crippen molar-refractivity contribution in [3.8, 4) is 6.07 Å². The van der Waals surface area contributed by atoms with Crippen LogP contribution in [0.25, 0.3) is 10.4 Å². The smallest absolute Gasteiger partial charge is 0.350 e. The monoisotopic (exact) mass is 255 g/mol. The van der Waals surface area contributed by atoms with E-state index in [9.17, 15) is 4.79 Å². The molecule has 0 saturated carbocycles. The number of carbonyl (C=O) groups excluding carboxylic acids is 1. The summed E-state index contributed by atoms with van der Waals surface area (Å²) >= 11 is 0. The Morgan fingerprint density at radius 3 is 2.50 bits per heavy atom. The lowest BCUT2D eigenvalue weighted by Crippen LogP contribution is -2.30.